The second kappa shape index (κ2) is 13.1. The lowest BCUT2D eigenvalue weighted by atomic mass is 10.0. The predicted molar refractivity (Wildman–Crippen MR) is 166 cm³/mol. The Kier molecular flexibility index (Phi) is 9.31. The van der Waals surface area contributed by atoms with Gasteiger partial charge < -0.3 is 26.2 Å². The molecule has 3 fully saturated rings. The van der Waals surface area contributed by atoms with Crippen LogP contribution < -0.4 is 26.2 Å². The zero-order chi connectivity index (χ0) is 28.9. The van der Waals surface area contributed by atoms with E-state index in [-0.39, 0.29) is 17.6 Å². The SMILES string of the molecule is C=CC(=O)NC1CCN(c2nc(Nc3ccc(N4CCC(N5CCN(S)CC5)CC4)cc3)c(C(N)=O)nc2CC)C1. The van der Waals surface area contributed by atoms with Gasteiger partial charge in [0.2, 0.25) is 5.91 Å². The summed E-state index contributed by atoms with van der Waals surface area (Å²) in [5.41, 5.74) is 8.52. The number of nitrogens with zero attached hydrogens (tertiary/aromatic N) is 6. The number of rotatable bonds is 9. The molecule has 2 amide bonds. The number of piperazine rings is 1. The Hall–Kier alpha value is -3.35. The second-order valence-electron chi connectivity index (χ2n) is 10.9. The predicted octanol–water partition coefficient (Wildman–Crippen LogP) is 2.19. The molecule has 0 spiro atoms. The first-order valence-corrected chi connectivity index (χ1v) is 14.9. The molecule has 3 aliphatic heterocycles. The fourth-order valence-electron chi connectivity index (χ4n) is 6.00. The molecule has 0 aliphatic carbocycles. The third kappa shape index (κ3) is 6.94. The van der Waals surface area contributed by atoms with Crippen molar-refractivity contribution in [3.63, 3.8) is 0 Å². The largest absolute Gasteiger partial charge is 0.371 e. The van der Waals surface area contributed by atoms with Crippen LogP contribution in [-0.2, 0) is 11.2 Å². The van der Waals surface area contributed by atoms with Gasteiger partial charge in [-0.25, -0.2) is 9.97 Å². The molecule has 220 valence electrons. The lowest BCUT2D eigenvalue weighted by Gasteiger charge is -2.42. The normalized spacial score (nSPS) is 20.7. The van der Waals surface area contributed by atoms with Crippen molar-refractivity contribution in [1.82, 2.24) is 24.5 Å². The number of benzene rings is 1. The summed E-state index contributed by atoms with van der Waals surface area (Å²) in [6.45, 7) is 13.1. The van der Waals surface area contributed by atoms with Crippen LogP contribution in [0.4, 0.5) is 23.0 Å². The van der Waals surface area contributed by atoms with Crippen molar-refractivity contribution in [2.45, 2.75) is 44.7 Å². The summed E-state index contributed by atoms with van der Waals surface area (Å²) in [5.74, 6) is 0.211. The molecule has 3 saturated heterocycles. The van der Waals surface area contributed by atoms with Gasteiger partial charge in [-0.15, -0.1) is 0 Å². The van der Waals surface area contributed by atoms with Crippen molar-refractivity contribution >= 4 is 47.6 Å². The zero-order valence-corrected chi connectivity index (χ0v) is 24.7. The minimum Gasteiger partial charge on any atom is -0.371 e. The van der Waals surface area contributed by atoms with Gasteiger partial charge in [0.15, 0.2) is 17.3 Å². The van der Waals surface area contributed by atoms with E-state index < -0.39 is 5.91 Å². The second-order valence-corrected chi connectivity index (χ2v) is 11.5. The van der Waals surface area contributed by atoms with Gasteiger partial charge in [-0.2, -0.15) is 0 Å². The number of aromatic nitrogens is 2. The minimum absolute atomic E-state index is 0.00454. The number of nitrogens with one attached hydrogen (secondary N) is 2. The van der Waals surface area contributed by atoms with E-state index >= 15 is 0 Å². The van der Waals surface area contributed by atoms with Gasteiger partial charge in [0, 0.05) is 75.8 Å². The van der Waals surface area contributed by atoms with E-state index in [0.717, 1.165) is 70.8 Å². The molecule has 2 aromatic rings. The van der Waals surface area contributed by atoms with Crippen LogP contribution in [0.1, 0.15) is 42.4 Å². The van der Waals surface area contributed by atoms with Crippen LogP contribution in [0.2, 0.25) is 0 Å². The van der Waals surface area contributed by atoms with Crippen LogP contribution in [0.25, 0.3) is 0 Å². The summed E-state index contributed by atoms with van der Waals surface area (Å²) in [5, 5.41) is 6.24. The molecular weight excluding hydrogens is 538 g/mol. The number of amides is 2. The summed E-state index contributed by atoms with van der Waals surface area (Å²) >= 11 is 4.48. The fraction of sp³-hybridized carbons (Fsp3) is 0.517. The van der Waals surface area contributed by atoms with E-state index in [9.17, 15) is 9.59 Å². The first kappa shape index (κ1) is 29.2. The number of nitrogens with two attached hydrogens (primary N) is 1. The summed E-state index contributed by atoms with van der Waals surface area (Å²) in [7, 11) is 0. The quantitative estimate of drug-likeness (QED) is 0.262. The molecule has 5 rings (SSSR count). The number of carbonyl (C=O) groups is 2. The third-order valence-electron chi connectivity index (χ3n) is 8.30. The first-order valence-electron chi connectivity index (χ1n) is 14.5. The average molecular weight is 580 g/mol. The van der Waals surface area contributed by atoms with Crippen molar-refractivity contribution < 1.29 is 9.59 Å². The van der Waals surface area contributed by atoms with E-state index in [4.69, 9.17) is 10.7 Å². The summed E-state index contributed by atoms with van der Waals surface area (Å²) in [4.78, 5) is 40.7. The molecule has 1 atom stereocenters. The molecule has 4 heterocycles. The number of aryl methyl sites for hydroxylation is 1. The molecule has 12 heteroatoms. The maximum Gasteiger partial charge on any atom is 0.271 e. The van der Waals surface area contributed by atoms with Gasteiger partial charge in [-0.3, -0.25) is 18.8 Å². The van der Waals surface area contributed by atoms with Gasteiger partial charge in [0.05, 0.1) is 5.69 Å². The number of primary amides is 1. The van der Waals surface area contributed by atoms with Gasteiger partial charge in [-0.1, -0.05) is 26.3 Å². The highest BCUT2D eigenvalue weighted by Crippen LogP contribution is 2.29. The van der Waals surface area contributed by atoms with E-state index in [0.29, 0.717) is 36.3 Å². The number of hydrogen-bond donors (Lipinski definition) is 4. The lowest BCUT2D eigenvalue weighted by Crippen LogP contribution is -2.51. The number of hydrogen-bond acceptors (Lipinski definition) is 10. The molecular formula is C29H41N9O2S. The van der Waals surface area contributed by atoms with E-state index in [1.807, 2.05) is 19.1 Å². The Labute approximate surface area is 247 Å². The molecule has 11 nitrogen and oxygen atoms in total. The minimum atomic E-state index is -0.630. The van der Waals surface area contributed by atoms with Crippen molar-refractivity contribution in [2.75, 3.05) is 67.5 Å². The molecule has 4 N–H and O–H groups in total. The lowest BCUT2D eigenvalue weighted by molar-refractivity contribution is -0.117. The Morgan fingerprint density at radius 1 is 1.02 bits per heavy atom. The first-order chi connectivity index (χ1) is 19.8. The van der Waals surface area contributed by atoms with Crippen LogP contribution in [0.5, 0.6) is 0 Å². The highest BCUT2D eigenvalue weighted by atomic mass is 32.1. The molecule has 0 radical (unpaired) electrons. The molecule has 0 saturated carbocycles. The van der Waals surface area contributed by atoms with E-state index in [2.05, 4.69) is 66.1 Å². The van der Waals surface area contributed by atoms with Crippen molar-refractivity contribution in [3.8, 4) is 0 Å². The van der Waals surface area contributed by atoms with Crippen LogP contribution in [0.3, 0.4) is 0 Å². The molecule has 1 unspecified atom stereocenters. The Bertz CT molecular complexity index is 1240. The topological polar surface area (TPSA) is 123 Å². The molecule has 1 aromatic heterocycles. The maximum atomic E-state index is 12.3. The highest BCUT2D eigenvalue weighted by Gasteiger charge is 2.29. The maximum absolute atomic E-state index is 12.3. The van der Waals surface area contributed by atoms with Crippen LogP contribution >= 0.6 is 12.8 Å². The standard InChI is InChI=1S/C29H41N9O2S/c1-3-24-29(37-12-9-21(19-37)31-25(39)4-2)34-28(26(33-24)27(30)40)32-20-5-7-22(8-6-20)35-13-10-23(11-14-35)36-15-17-38(41)18-16-36/h4-8,21,23,41H,2-3,9-19H2,1H3,(H2,30,40)(H,31,39)(H,32,34). The Morgan fingerprint density at radius 3 is 2.34 bits per heavy atom. The summed E-state index contributed by atoms with van der Waals surface area (Å²) in [6.07, 6.45) is 4.98. The molecule has 0 bridgehead atoms. The molecule has 3 aliphatic rings. The highest BCUT2D eigenvalue weighted by molar-refractivity contribution is 7.77. The van der Waals surface area contributed by atoms with E-state index in [1.54, 1.807) is 0 Å². The van der Waals surface area contributed by atoms with Crippen molar-refractivity contribution in [3.05, 3.63) is 48.3 Å². The summed E-state index contributed by atoms with van der Waals surface area (Å²) < 4.78 is 2.10. The summed E-state index contributed by atoms with van der Waals surface area (Å²) in [6, 6.07) is 8.86. The van der Waals surface area contributed by atoms with Gasteiger partial charge in [0.25, 0.3) is 5.91 Å². The van der Waals surface area contributed by atoms with E-state index in [1.165, 1.54) is 11.8 Å². The van der Waals surface area contributed by atoms with Crippen LogP contribution in [0, 0.1) is 0 Å². The van der Waals surface area contributed by atoms with Gasteiger partial charge in [-0.05, 0) is 56.0 Å². The number of anilines is 4. The Balaban J connectivity index is 1.26. The molecule has 41 heavy (non-hydrogen) atoms. The monoisotopic (exact) mass is 579 g/mol. The smallest absolute Gasteiger partial charge is 0.271 e. The van der Waals surface area contributed by atoms with Gasteiger partial charge in [0.1, 0.15) is 0 Å². The van der Waals surface area contributed by atoms with Crippen LogP contribution in [-0.4, -0.2) is 95.4 Å². The van der Waals surface area contributed by atoms with Crippen LogP contribution in [0.15, 0.2) is 36.9 Å². The average Bonchev–Trinajstić information content (AvgIpc) is 3.46. The Morgan fingerprint density at radius 2 is 1.71 bits per heavy atom. The third-order valence-corrected chi connectivity index (χ3v) is 8.70. The number of carbonyl (C=O) groups excluding carboxylic acids is 2. The zero-order valence-electron chi connectivity index (χ0n) is 23.8. The van der Waals surface area contributed by atoms with Gasteiger partial charge >= 0.3 is 0 Å². The number of thiol groups is 1. The molecule has 1 aromatic carbocycles. The van der Waals surface area contributed by atoms with Crippen molar-refractivity contribution in [2.24, 2.45) is 5.73 Å². The fourth-order valence-corrected chi connectivity index (χ4v) is 6.18. The number of piperidine rings is 1. The van der Waals surface area contributed by atoms with Crippen molar-refractivity contribution in [1.29, 1.82) is 0 Å².